The molecule has 0 spiro atoms. The third kappa shape index (κ3) is 2.65. The minimum atomic E-state index is -0.209. The van der Waals surface area contributed by atoms with Crippen LogP contribution in [0.1, 0.15) is 22.7 Å². The fourth-order valence-electron chi connectivity index (χ4n) is 1.89. The Balaban J connectivity index is 2.52. The number of nitrogens with one attached hydrogen (secondary N) is 1. The Morgan fingerprint density at radius 2 is 2.00 bits per heavy atom. The topological polar surface area (TPSA) is 50.9 Å². The van der Waals surface area contributed by atoms with Gasteiger partial charge in [0.2, 0.25) is 0 Å². The number of aryl methyl sites for hydroxylation is 1. The molecule has 5 heteroatoms. The van der Waals surface area contributed by atoms with Crippen molar-refractivity contribution in [2.24, 2.45) is 5.84 Å². The van der Waals surface area contributed by atoms with E-state index < -0.39 is 0 Å². The lowest BCUT2D eigenvalue weighted by Crippen LogP contribution is -2.29. The SMILES string of the molecule is Cc1cnccc1C(NN)c1cc(Cl)ccc1Cl. The second-order valence-corrected chi connectivity index (χ2v) is 4.84. The quantitative estimate of drug-likeness (QED) is 0.671. The summed E-state index contributed by atoms with van der Waals surface area (Å²) in [6.45, 7) is 1.98. The van der Waals surface area contributed by atoms with Crippen LogP contribution in [0.5, 0.6) is 0 Å². The first kappa shape index (κ1) is 13.3. The molecule has 3 nitrogen and oxygen atoms in total. The van der Waals surface area contributed by atoms with Crippen LogP contribution in [0.3, 0.4) is 0 Å². The van der Waals surface area contributed by atoms with Gasteiger partial charge in [-0.05, 0) is 47.9 Å². The Labute approximate surface area is 116 Å². The fourth-order valence-corrected chi connectivity index (χ4v) is 2.30. The maximum Gasteiger partial charge on any atom is 0.0728 e. The van der Waals surface area contributed by atoms with Gasteiger partial charge in [-0.2, -0.15) is 0 Å². The molecule has 2 rings (SSSR count). The number of hydrogen-bond donors (Lipinski definition) is 2. The van der Waals surface area contributed by atoms with E-state index in [1.165, 1.54) is 0 Å². The van der Waals surface area contributed by atoms with Crippen molar-refractivity contribution in [1.82, 2.24) is 10.4 Å². The zero-order valence-electron chi connectivity index (χ0n) is 9.82. The highest BCUT2D eigenvalue weighted by molar-refractivity contribution is 6.33. The molecule has 0 saturated heterocycles. The average Bonchev–Trinajstić information content (AvgIpc) is 2.36. The predicted octanol–water partition coefficient (Wildman–Crippen LogP) is 3.25. The Bertz CT molecular complexity index is 558. The van der Waals surface area contributed by atoms with Crippen LogP contribution >= 0.6 is 23.2 Å². The smallest absolute Gasteiger partial charge is 0.0728 e. The molecule has 0 aliphatic carbocycles. The molecule has 1 aromatic heterocycles. The zero-order chi connectivity index (χ0) is 13.1. The van der Waals surface area contributed by atoms with E-state index in [4.69, 9.17) is 29.0 Å². The van der Waals surface area contributed by atoms with Crippen LogP contribution in [-0.2, 0) is 0 Å². The Hall–Kier alpha value is -1.13. The van der Waals surface area contributed by atoms with Crippen LogP contribution in [-0.4, -0.2) is 4.98 Å². The molecule has 0 aliphatic rings. The molecule has 94 valence electrons. The summed E-state index contributed by atoms with van der Waals surface area (Å²) in [5, 5.41) is 1.25. The van der Waals surface area contributed by atoms with E-state index >= 15 is 0 Å². The number of nitrogens with two attached hydrogens (primary N) is 1. The number of hydrazine groups is 1. The molecule has 1 aromatic carbocycles. The fraction of sp³-hybridized carbons (Fsp3) is 0.154. The zero-order valence-corrected chi connectivity index (χ0v) is 11.3. The molecule has 1 atom stereocenters. The van der Waals surface area contributed by atoms with Crippen LogP contribution in [0.2, 0.25) is 10.0 Å². The van der Waals surface area contributed by atoms with Gasteiger partial charge in [0.15, 0.2) is 0 Å². The number of nitrogens with zero attached hydrogens (tertiary/aromatic N) is 1. The van der Waals surface area contributed by atoms with Crippen LogP contribution in [0, 0.1) is 6.92 Å². The van der Waals surface area contributed by atoms with Crippen LogP contribution in [0.4, 0.5) is 0 Å². The summed E-state index contributed by atoms with van der Waals surface area (Å²) in [6, 6.07) is 7.03. The van der Waals surface area contributed by atoms with Gasteiger partial charge < -0.3 is 0 Å². The van der Waals surface area contributed by atoms with Gasteiger partial charge >= 0.3 is 0 Å². The molecule has 1 unspecified atom stereocenters. The third-order valence-electron chi connectivity index (χ3n) is 2.81. The molecule has 0 radical (unpaired) electrons. The highest BCUT2D eigenvalue weighted by atomic mass is 35.5. The standard InChI is InChI=1S/C13H13Cl2N3/c1-8-7-17-5-4-10(8)13(18-16)11-6-9(14)2-3-12(11)15/h2-7,13,18H,16H2,1H3. The van der Waals surface area contributed by atoms with Gasteiger partial charge in [0.05, 0.1) is 6.04 Å². The van der Waals surface area contributed by atoms with Crippen LogP contribution < -0.4 is 11.3 Å². The molecule has 0 amide bonds. The van der Waals surface area contributed by atoms with Gasteiger partial charge in [-0.3, -0.25) is 10.8 Å². The summed E-state index contributed by atoms with van der Waals surface area (Å²) in [5.74, 6) is 5.65. The second-order valence-electron chi connectivity index (χ2n) is 4.00. The van der Waals surface area contributed by atoms with Gasteiger partial charge in [0, 0.05) is 22.4 Å². The molecule has 0 bridgehead atoms. The first-order valence-electron chi connectivity index (χ1n) is 5.45. The van der Waals surface area contributed by atoms with E-state index in [0.717, 1.165) is 16.7 Å². The maximum atomic E-state index is 6.20. The van der Waals surface area contributed by atoms with Crippen LogP contribution in [0.15, 0.2) is 36.7 Å². The Morgan fingerprint density at radius 1 is 1.22 bits per heavy atom. The minimum absolute atomic E-state index is 0.209. The highest BCUT2D eigenvalue weighted by Crippen LogP contribution is 2.31. The van der Waals surface area contributed by atoms with Gasteiger partial charge in [-0.15, -0.1) is 0 Å². The number of rotatable bonds is 3. The molecule has 0 aliphatic heterocycles. The van der Waals surface area contributed by atoms with Crippen molar-refractivity contribution in [1.29, 1.82) is 0 Å². The summed E-state index contributed by atoms with van der Waals surface area (Å²) in [5.41, 5.74) is 5.68. The van der Waals surface area contributed by atoms with Crippen molar-refractivity contribution in [3.05, 3.63) is 63.4 Å². The Kier molecular flexibility index (Phi) is 4.19. The first-order valence-corrected chi connectivity index (χ1v) is 6.20. The average molecular weight is 282 g/mol. The summed E-state index contributed by atoms with van der Waals surface area (Å²) in [4.78, 5) is 4.07. The maximum absolute atomic E-state index is 6.20. The number of aromatic nitrogens is 1. The molecule has 0 saturated carbocycles. The van der Waals surface area contributed by atoms with Crippen LogP contribution in [0.25, 0.3) is 0 Å². The third-order valence-corrected chi connectivity index (χ3v) is 3.39. The van der Waals surface area contributed by atoms with Crippen molar-refractivity contribution >= 4 is 23.2 Å². The van der Waals surface area contributed by atoms with Crippen molar-refractivity contribution in [2.45, 2.75) is 13.0 Å². The van der Waals surface area contributed by atoms with E-state index in [0.29, 0.717) is 10.0 Å². The summed E-state index contributed by atoms with van der Waals surface area (Å²) in [6.07, 6.45) is 3.52. The van der Waals surface area contributed by atoms with Crippen molar-refractivity contribution in [3.8, 4) is 0 Å². The minimum Gasteiger partial charge on any atom is -0.271 e. The molecule has 3 N–H and O–H groups in total. The second kappa shape index (κ2) is 5.67. The van der Waals surface area contributed by atoms with E-state index in [1.807, 2.05) is 19.1 Å². The predicted molar refractivity (Wildman–Crippen MR) is 74.6 cm³/mol. The van der Waals surface area contributed by atoms with E-state index in [2.05, 4.69) is 10.4 Å². The van der Waals surface area contributed by atoms with Gasteiger partial charge in [0.25, 0.3) is 0 Å². The number of hydrogen-bond acceptors (Lipinski definition) is 3. The monoisotopic (exact) mass is 281 g/mol. The molecule has 18 heavy (non-hydrogen) atoms. The number of pyridine rings is 1. The Morgan fingerprint density at radius 3 is 2.67 bits per heavy atom. The summed E-state index contributed by atoms with van der Waals surface area (Å²) < 4.78 is 0. The number of benzene rings is 1. The molecule has 2 aromatic rings. The molecule has 0 fully saturated rings. The lowest BCUT2D eigenvalue weighted by Gasteiger charge is -2.20. The summed E-state index contributed by atoms with van der Waals surface area (Å²) >= 11 is 12.2. The largest absolute Gasteiger partial charge is 0.271 e. The van der Waals surface area contributed by atoms with Crippen molar-refractivity contribution in [3.63, 3.8) is 0 Å². The van der Waals surface area contributed by atoms with E-state index in [9.17, 15) is 0 Å². The van der Waals surface area contributed by atoms with Gasteiger partial charge in [0.1, 0.15) is 0 Å². The first-order chi connectivity index (χ1) is 8.63. The van der Waals surface area contributed by atoms with Crippen molar-refractivity contribution < 1.29 is 0 Å². The highest BCUT2D eigenvalue weighted by Gasteiger charge is 2.17. The van der Waals surface area contributed by atoms with Gasteiger partial charge in [-0.1, -0.05) is 23.2 Å². The van der Waals surface area contributed by atoms with E-state index in [-0.39, 0.29) is 6.04 Å². The summed E-state index contributed by atoms with van der Waals surface area (Å²) in [7, 11) is 0. The van der Waals surface area contributed by atoms with Crippen molar-refractivity contribution in [2.75, 3.05) is 0 Å². The lowest BCUT2D eigenvalue weighted by molar-refractivity contribution is 0.633. The number of halogens is 2. The normalized spacial score (nSPS) is 12.4. The molecular weight excluding hydrogens is 269 g/mol. The van der Waals surface area contributed by atoms with Gasteiger partial charge in [-0.25, -0.2) is 5.43 Å². The van der Waals surface area contributed by atoms with E-state index in [1.54, 1.807) is 24.5 Å². The molecular formula is C13H13Cl2N3. The molecule has 1 heterocycles. The lowest BCUT2D eigenvalue weighted by atomic mass is 9.97.